The van der Waals surface area contributed by atoms with Crippen LogP contribution in [0.1, 0.15) is 13.8 Å². The molecule has 0 saturated carbocycles. The summed E-state index contributed by atoms with van der Waals surface area (Å²) in [6, 6.07) is 10.2. The van der Waals surface area contributed by atoms with E-state index in [1.165, 1.54) is 6.07 Å². The average molecular weight is 356 g/mol. The number of nitrogens with zero attached hydrogens (tertiary/aromatic N) is 4. The second kappa shape index (κ2) is 8.39. The van der Waals surface area contributed by atoms with Crippen LogP contribution in [0.2, 0.25) is 0 Å². The van der Waals surface area contributed by atoms with Crippen molar-refractivity contribution in [1.29, 1.82) is 0 Å². The lowest BCUT2D eigenvalue weighted by molar-refractivity contribution is -0.141. The van der Waals surface area contributed by atoms with E-state index < -0.39 is 12.0 Å². The summed E-state index contributed by atoms with van der Waals surface area (Å²) in [5.41, 5.74) is 12.6. The van der Waals surface area contributed by atoms with Crippen molar-refractivity contribution in [2.75, 3.05) is 25.6 Å². The van der Waals surface area contributed by atoms with E-state index in [-0.39, 0.29) is 29.0 Å². The lowest BCUT2D eigenvalue weighted by Gasteiger charge is -2.25. The third-order valence-corrected chi connectivity index (χ3v) is 3.69. The second-order valence-electron chi connectivity index (χ2n) is 6.39. The zero-order valence-corrected chi connectivity index (χ0v) is 15.4. The van der Waals surface area contributed by atoms with Gasteiger partial charge in [-0.1, -0.05) is 32.0 Å². The van der Waals surface area contributed by atoms with Gasteiger partial charge in [-0.3, -0.25) is 4.90 Å². The van der Waals surface area contributed by atoms with Crippen molar-refractivity contribution in [1.82, 2.24) is 9.88 Å². The molecule has 2 aromatic rings. The van der Waals surface area contributed by atoms with Crippen LogP contribution in [0.4, 0.5) is 23.0 Å². The summed E-state index contributed by atoms with van der Waals surface area (Å²) in [7, 11) is 3.63. The number of rotatable bonds is 6. The van der Waals surface area contributed by atoms with Gasteiger partial charge in [0.15, 0.2) is 17.4 Å². The predicted molar refractivity (Wildman–Crippen MR) is 102 cm³/mol. The molecule has 26 heavy (non-hydrogen) atoms. The van der Waals surface area contributed by atoms with E-state index in [9.17, 15) is 4.79 Å². The molecule has 1 aromatic carbocycles. The van der Waals surface area contributed by atoms with Gasteiger partial charge in [0.1, 0.15) is 11.7 Å². The molecule has 0 saturated heterocycles. The predicted octanol–water partition coefficient (Wildman–Crippen LogP) is 3.15. The van der Waals surface area contributed by atoms with Gasteiger partial charge in [-0.05, 0) is 32.1 Å². The highest BCUT2D eigenvalue weighted by Crippen LogP contribution is 2.32. The quantitative estimate of drug-likeness (QED) is 0.606. The second-order valence-corrected chi connectivity index (χ2v) is 6.39. The first-order valence-corrected chi connectivity index (χ1v) is 8.20. The third-order valence-electron chi connectivity index (χ3n) is 3.69. The Labute approximate surface area is 152 Å². The normalized spacial score (nSPS) is 12.7. The molecule has 0 radical (unpaired) electrons. The minimum absolute atomic E-state index is 0.0239. The molecule has 4 N–H and O–H groups in total. The molecule has 8 nitrogen and oxygen atoms in total. The SMILES string of the molecule is CC(C)[C@H](C(=O)Oc1cc(/N=N/c2ccccc2)c(N)nc1N)N(C)C. The lowest BCUT2D eigenvalue weighted by atomic mass is 10.0. The molecule has 0 amide bonds. The monoisotopic (exact) mass is 356 g/mol. The van der Waals surface area contributed by atoms with E-state index in [0.29, 0.717) is 5.69 Å². The molecule has 0 spiro atoms. The van der Waals surface area contributed by atoms with Gasteiger partial charge in [0.2, 0.25) is 0 Å². The van der Waals surface area contributed by atoms with Crippen molar-refractivity contribution < 1.29 is 9.53 Å². The van der Waals surface area contributed by atoms with Gasteiger partial charge < -0.3 is 16.2 Å². The van der Waals surface area contributed by atoms with Crippen molar-refractivity contribution in [3.05, 3.63) is 36.4 Å². The maximum absolute atomic E-state index is 12.5. The van der Waals surface area contributed by atoms with Crippen molar-refractivity contribution in [3.63, 3.8) is 0 Å². The van der Waals surface area contributed by atoms with Crippen LogP contribution < -0.4 is 16.2 Å². The summed E-state index contributed by atoms with van der Waals surface area (Å²) in [5, 5.41) is 8.17. The fraction of sp³-hybridized carbons (Fsp3) is 0.333. The fourth-order valence-corrected chi connectivity index (χ4v) is 2.53. The molecule has 0 aliphatic heterocycles. The molecule has 0 aliphatic carbocycles. The van der Waals surface area contributed by atoms with Gasteiger partial charge in [-0.25, -0.2) is 9.78 Å². The highest BCUT2D eigenvalue weighted by molar-refractivity contribution is 5.80. The highest BCUT2D eigenvalue weighted by Gasteiger charge is 2.27. The molecule has 0 fully saturated rings. The molecule has 138 valence electrons. The molecule has 1 heterocycles. The lowest BCUT2D eigenvalue weighted by Crippen LogP contribution is -2.42. The molecule has 2 rings (SSSR count). The number of nitrogen functional groups attached to an aromatic ring is 2. The first kappa shape index (κ1) is 19.3. The molecule has 8 heteroatoms. The molecule has 1 atom stereocenters. The molecule has 0 bridgehead atoms. The van der Waals surface area contributed by atoms with Gasteiger partial charge in [0.05, 0.1) is 5.69 Å². The fourth-order valence-electron chi connectivity index (χ4n) is 2.53. The summed E-state index contributed by atoms with van der Waals surface area (Å²) in [6.07, 6.45) is 0. The number of azo groups is 1. The summed E-state index contributed by atoms with van der Waals surface area (Å²) >= 11 is 0. The number of ether oxygens (including phenoxy) is 1. The van der Waals surface area contributed by atoms with E-state index in [2.05, 4.69) is 15.2 Å². The number of nitrogens with two attached hydrogens (primary N) is 2. The topological polar surface area (TPSA) is 119 Å². The minimum atomic E-state index is -0.422. The summed E-state index contributed by atoms with van der Waals surface area (Å²) in [4.78, 5) is 18.3. The Hall–Kier alpha value is -3.00. The Bertz CT molecular complexity index is 782. The first-order chi connectivity index (χ1) is 12.3. The van der Waals surface area contributed by atoms with Crippen LogP contribution >= 0.6 is 0 Å². The Morgan fingerprint density at radius 1 is 1.12 bits per heavy atom. The zero-order valence-electron chi connectivity index (χ0n) is 15.4. The Kier molecular flexibility index (Phi) is 6.24. The maximum Gasteiger partial charge on any atom is 0.329 e. The highest BCUT2D eigenvalue weighted by atomic mass is 16.5. The Balaban J connectivity index is 2.27. The third kappa shape index (κ3) is 4.76. The number of likely N-dealkylation sites (N-methyl/N-ethyl adjacent to an activating group) is 1. The number of hydrogen-bond acceptors (Lipinski definition) is 8. The van der Waals surface area contributed by atoms with E-state index >= 15 is 0 Å². The van der Waals surface area contributed by atoms with Crippen LogP contribution in [-0.4, -0.2) is 36.0 Å². The molecular weight excluding hydrogens is 332 g/mol. The van der Waals surface area contributed by atoms with E-state index in [1.54, 1.807) is 17.0 Å². The van der Waals surface area contributed by atoms with Gasteiger partial charge in [0.25, 0.3) is 0 Å². The van der Waals surface area contributed by atoms with Crippen molar-refractivity contribution in [2.45, 2.75) is 19.9 Å². The first-order valence-electron chi connectivity index (χ1n) is 8.20. The Morgan fingerprint density at radius 2 is 1.77 bits per heavy atom. The average Bonchev–Trinajstić information content (AvgIpc) is 2.56. The molecule has 0 aliphatic rings. The zero-order chi connectivity index (χ0) is 19.3. The van der Waals surface area contributed by atoms with Crippen LogP contribution in [0, 0.1) is 5.92 Å². The van der Waals surface area contributed by atoms with Crippen LogP contribution in [0.25, 0.3) is 0 Å². The maximum atomic E-state index is 12.5. The number of aromatic nitrogens is 1. The summed E-state index contributed by atoms with van der Waals surface area (Å²) in [5.74, 6) is -0.114. The van der Waals surface area contributed by atoms with Crippen molar-refractivity contribution in [2.24, 2.45) is 16.1 Å². The van der Waals surface area contributed by atoms with Crippen molar-refractivity contribution >= 4 is 29.0 Å². The van der Waals surface area contributed by atoms with E-state index in [4.69, 9.17) is 16.2 Å². The number of pyridine rings is 1. The summed E-state index contributed by atoms with van der Waals surface area (Å²) < 4.78 is 5.45. The number of carbonyl (C=O) groups excluding carboxylic acids is 1. The summed E-state index contributed by atoms with van der Waals surface area (Å²) in [6.45, 7) is 3.88. The standard InChI is InChI=1S/C18H24N6O2/c1-11(2)15(24(3)4)18(25)26-14-10-13(16(19)21-17(14)20)23-22-12-8-6-5-7-9-12/h5-11,15H,1-4H3,(H4,19,20,21)/b23-22+/t15-/m1/s1. The largest absolute Gasteiger partial charge is 0.421 e. The van der Waals surface area contributed by atoms with Gasteiger partial charge in [-0.15, -0.1) is 5.11 Å². The molecule has 0 unspecified atom stereocenters. The van der Waals surface area contributed by atoms with E-state index in [1.807, 2.05) is 46.1 Å². The van der Waals surface area contributed by atoms with Crippen LogP contribution in [-0.2, 0) is 4.79 Å². The van der Waals surface area contributed by atoms with E-state index in [0.717, 1.165) is 0 Å². The smallest absolute Gasteiger partial charge is 0.329 e. The number of benzene rings is 1. The Morgan fingerprint density at radius 3 is 2.35 bits per heavy atom. The van der Waals surface area contributed by atoms with Crippen molar-refractivity contribution in [3.8, 4) is 5.75 Å². The van der Waals surface area contributed by atoms with Gasteiger partial charge in [-0.2, -0.15) is 5.11 Å². The van der Waals surface area contributed by atoms with Crippen LogP contribution in [0.3, 0.4) is 0 Å². The minimum Gasteiger partial charge on any atom is -0.421 e. The number of carbonyl (C=O) groups is 1. The number of esters is 1. The van der Waals surface area contributed by atoms with Gasteiger partial charge in [0, 0.05) is 6.07 Å². The van der Waals surface area contributed by atoms with Crippen LogP contribution in [0.5, 0.6) is 5.75 Å². The molecule has 1 aromatic heterocycles. The molecular formula is C18H24N6O2. The number of hydrogen-bond donors (Lipinski definition) is 2. The van der Waals surface area contributed by atoms with Gasteiger partial charge >= 0.3 is 5.97 Å². The van der Waals surface area contributed by atoms with Crippen LogP contribution in [0.15, 0.2) is 46.6 Å². The number of anilines is 2.